The van der Waals surface area contributed by atoms with E-state index in [4.69, 9.17) is 13.9 Å². The molecule has 2 heterocycles. The van der Waals surface area contributed by atoms with Gasteiger partial charge in [-0.2, -0.15) is 0 Å². The number of ether oxygens (including phenoxy) is 2. The lowest BCUT2D eigenvalue weighted by Gasteiger charge is -2.01. The minimum Gasteiger partial charge on any atom is -0.497 e. The first-order valence-corrected chi connectivity index (χ1v) is 8.94. The van der Waals surface area contributed by atoms with Crippen LogP contribution in [-0.4, -0.2) is 19.0 Å². The van der Waals surface area contributed by atoms with Gasteiger partial charge in [-0.3, -0.25) is 0 Å². The Morgan fingerprint density at radius 3 is 2.37 bits per heavy atom. The predicted molar refractivity (Wildman–Crippen MR) is 105 cm³/mol. The molecule has 0 amide bonds. The third-order valence-corrected chi connectivity index (χ3v) is 4.52. The second-order valence-electron chi connectivity index (χ2n) is 5.77. The molecule has 1 aliphatic rings. The summed E-state index contributed by atoms with van der Waals surface area (Å²) in [5.41, 5.74) is 1.83. The number of halogens is 1. The lowest BCUT2D eigenvalue weighted by atomic mass is 10.2. The van der Waals surface area contributed by atoms with Crippen molar-refractivity contribution in [2.24, 2.45) is 4.99 Å². The van der Waals surface area contributed by atoms with Crippen molar-refractivity contribution in [3.63, 3.8) is 0 Å². The zero-order chi connectivity index (χ0) is 18.8. The van der Waals surface area contributed by atoms with Crippen LogP contribution in [0, 0.1) is 0 Å². The summed E-state index contributed by atoms with van der Waals surface area (Å²) in [5.74, 6) is 1.70. The number of cyclic esters (lactones) is 1. The van der Waals surface area contributed by atoms with Gasteiger partial charge in [0.25, 0.3) is 0 Å². The van der Waals surface area contributed by atoms with Crippen LogP contribution in [-0.2, 0) is 9.53 Å². The van der Waals surface area contributed by atoms with Crippen LogP contribution in [0.4, 0.5) is 0 Å². The number of nitrogens with zero attached hydrogens (tertiary/aromatic N) is 1. The maximum atomic E-state index is 12.1. The van der Waals surface area contributed by atoms with Crippen molar-refractivity contribution in [3.8, 4) is 17.1 Å². The van der Waals surface area contributed by atoms with Gasteiger partial charge in [-0.15, -0.1) is 0 Å². The molecule has 0 N–H and O–H groups in total. The highest BCUT2D eigenvalue weighted by atomic mass is 79.9. The number of hydrogen-bond donors (Lipinski definition) is 0. The molecule has 0 fully saturated rings. The molecule has 134 valence electrons. The van der Waals surface area contributed by atoms with Crippen LogP contribution in [0.3, 0.4) is 0 Å². The molecular formula is C21H14BrNO4. The fraction of sp³-hybridized carbons (Fsp3) is 0.0476. The van der Waals surface area contributed by atoms with Gasteiger partial charge in [0.05, 0.1) is 7.11 Å². The number of carbonyl (C=O) groups excluding carboxylic acids is 1. The fourth-order valence-corrected chi connectivity index (χ4v) is 2.87. The Morgan fingerprint density at radius 2 is 1.67 bits per heavy atom. The van der Waals surface area contributed by atoms with E-state index >= 15 is 0 Å². The predicted octanol–water partition coefficient (Wildman–Crippen LogP) is 5.06. The third kappa shape index (κ3) is 3.71. The molecule has 0 unspecified atom stereocenters. The normalized spacial score (nSPS) is 15.0. The van der Waals surface area contributed by atoms with Crippen molar-refractivity contribution in [3.05, 3.63) is 82.2 Å². The molecule has 6 heteroatoms. The van der Waals surface area contributed by atoms with E-state index in [2.05, 4.69) is 20.9 Å². The summed E-state index contributed by atoms with van der Waals surface area (Å²) in [5, 5.41) is 0. The van der Waals surface area contributed by atoms with Gasteiger partial charge in [0.15, 0.2) is 5.70 Å². The summed E-state index contributed by atoms with van der Waals surface area (Å²) in [7, 11) is 1.59. The zero-order valence-electron chi connectivity index (χ0n) is 14.3. The minimum atomic E-state index is -0.512. The minimum absolute atomic E-state index is 0.192. The molecule has 1 aromatic heterocycles. The second-order valence-corrected chi connectivity index (χ2v) is 6.69. The summed E-state index contributed by atoms with van der Waals surface area (Å²) in [6.07, 6.45) is 1.57. The number of aliphatic imine (C=N–C) groups is 1. The van der Waals surface area contributed by atoms with Crippen LogP contribution < -0.4 is 4.74 Å². The van der Waals surface area contributed by atoms with E-state index in [-0.39, 0.29) is 11.6 Å². The Morgan fingerprint density at radius 1 is 0.963 bits per heavy atom. The molecule has 1 aliphatic heterocycles. The standard InChI is InChI=1S/C21H14BrNO4/c1-25-16-8-4-14(5-9-16)20-23-18(21(24)27-20)12-17-10-11-19(26-17)13-2-6-15(22)7-3-13/h2-12H,1H3. The van der Waals surface area contributed by atoms with Crippen molar-refractivity contribution in [2.45, 2.75) is 0 Å². The average molecular weight is 424 g/mol. The van der Waals surface area contributed by atoms with E-state index < -0.39 is 5.97 Å². The van der Waals surface area contributed by atoms with Gasteiger partial charge in [0, 0.05) is 21.7 Å². The van der Waals surface area contributed by atoms with Crippen molar-refractivity contribution in [1.29, 1.82) is 0 Å². The summed E-state index contributed by atoms with van der Waals surface area (Å²) < 4.78 is 17.2. The van der Waals surface area contributed by atoms with Crippen molar-refractivity contribution in [2.75, 3.05) is 7.11 Å². The summed E-state index contributed by atoms with van der Waals surface area (Å²) >= 11 is 3.41. The summed E-state index contributed by atoms with van der Waals surface area (Å²) in [4.78, 5) is 16.4. The first-order valence-electron chi connectivity index (χ1n) is 8.15. The molecule has 0 aliphatic carbocycles. The van der Waals surface area contributed by atoms with Gasteiger partial charge in [-0.05, 0) is 48.5 Å². The Hall–Kier alpha value is -3.12. The smallest absolute Gasteiger partial charge is 0.363 e. The van der Waals surface area contributed by atoms with E-state index in [9.17, 15) is 4.79 Å². The largest absolute Gasteiger partial charge is 0.497 e. The number of carbonyl (C=O) groups is 1. The molecule has 0 saturated heterocycles. The van der Waals surface area contributed by atoms with Crippen LogP contribution >= 0.6 is 15.9 Å². The molecule has 0 bridgehead atoms. The average Bonchev–Trinajstić information content (AvgIpc) is 3.30. The number of esters is 1. The first kappa shape index (κ1) is 17.3. The van der Waals surface area contributed by atoms with E-state index in [1.54, 1.807) is 43.5 Å². The van der Waals surface area contributed by atoms with Crippen LogP contribution in [0.25, 0.3) is 17.4 Å². The molecule has 3 aromatic rings. The molecular weight excluding hydrogens is 410 g/mol. The van der Waals surface area contributed by atoms with Crippen LogP contribution in [0.1, 0.15) is 11.3 Å². The maximum Gasteiger partial charge on any atom is 0.363 e. The number of furan rings is 1. The number of benzene rings is 2. The van der Waals surface area contributed by atoms with Crippen molar-refractivity contribution < 1.29 is 18.7 Å². The Bertz CT molecular complexity index is 1050. The van der Waals surface area contributed by atoms with Gasteiger partial charge in [-0.1, -0.05) is 28.1 Å². The molecule has 0 saturated carbocycles. The van der Waals surface area contributed by atoms with Crippen molar-refractivity contribution in [1.82, 2.24) is 0 Å². The first-order chi connectivity index (χ1) is 13.1. The summed E-state index contributed by atoms with van der Waals surface area (Å²) in [6.45, 7) is 0. The molecule has 27 heavy (non-hydrogen) atoms. The Balaban J connectivity index is 1.59. The monoisotopic (exact) mass is 423 g/mol. The lowest BCUT2D eigenvalue weighted by Crippen LogP contribution is -2.05. The SMILES string of the molecule is COc1ccc(C2=NC(=Cc3ccc(-c4ccc(Br)cc4)o3)C(=O)O2)cc1. The maximum absolute atomic E-state index is 12.1. The number of methoxy groups -OCH3 is 1. The molecule has 0 spiro atoms. The second kappa shape index (κ2) is 7.25. The molecule has 4 rings (SSSR count). The molecule has 2 aromatic carbocycles. The van der Waals surface area contributed by atoms with E-state index in [1.807, 2.05) is 30.3 Å². The van der Waals surface area contributed by atoms with Gasteiger partial charge in [-0.25, -0.2) is 9.79 Å². The highest BCUT2D eigenvalue weighted by Crippen LogP contribution is 2.26. The van der Waals surface area contributed by atoms with Gasteiger partial charge in [0.2, 0.25) is 5.90 Å². The van der Waals surface area contributed by atoms with Gasteiger partial charge >= 0.3 is 5.97 Å². The highest BCUT2D eigenvalue weighted by molar-refractivity contribution is 9.10. The summed E-state index contributed by atoms with van der Waals surface area (Å²) in [6, 6.07) is 18.6. The zero-order valence-corrected chi connectivity index (χ0v) is 15.9. The van der Waals surface area contributed by atoms with Crippen LogP contribution in [0.2, 0.25) is 0 Å². The van der Waals surface area contributed by atoms with E-state index in [1.165, 1.54) is 0 Å². The Kier molecular flexibility index (Phi) is 4.64. The van der Waals surface area contributed by atoms with E-state index in [0.29, 0.717) is 17.1 Å². The quantitative estimate of drug-likeness (QED) is 0.434. The highest BCUT2D eigenvalue weighted by Gasteiger charge is 2.24. The fourth-order valence-electron chi connectivity index (χ4n) is 2.60. The third-order valence-electron chi connectivity index (χ3n) is 3.99. The van der Waals surface area contributed by atoms with Gasteiger partial charge in [0.1, 0.15) is 17.3 Å². The topological polar surface area (TPSA) is 61.0 Å². The number of hydrogen-bond acceptors (Lipinski definition) is 5. The number of rotatable bonds is 4. The molecule has 0 atom stereocenters. The molecule has 0 radical (unpaired) electrons. The lowest BCUT2D eigenvalue weighted by molar-refractivity contribution is -0.129. The van der Waals surface area contributed by atoms with E-state index in [0.717, 1.165) is 15.8 Å². The van der Waals surface area contributed by atoms with Crippen LogP contribution in [0.5, 0.6) is 5.75 Å². The van der Waals surface area contributed by atoms with Crippen molar-refractivity contribution >= 4 is 33.9 Å². The van der Waals surface area contributed by atoms with Crippen LogP contribution in [0.15, 0.2) is 80.2 Å². The molecule has 5 nitrogen and oxygen atoms in total. The Labute approximate surface area is 164 Å². The van der Waals surface area contributed by atoms with Gasteiger partial charge < -0.3 is 13.9 Å².